The van der Waals surface area contributed by atoms with Gasteiger partial charge < -0.3 is 5.73 Å². The van der Waals surface area contributed by atoms with Gasteiger partial charge in [-0.1, -0.05) is 41.0 Å². The Balaban J connectivity index is 1.89. The van der Waals surface area contributed by atoms with E-state index in [1.165, 1.54) is 25.7 Å². The van der Waals surface area contributed by atoms with Crippen molar-refractivity contribution in [2.45, 2.75) is 66.3 Å². The Morgan fingerprint density at radius 3 is 2.47 bits per heavy atom. The highest BCUT2D eigenvalue weighted by molar-refractivity contribution is 5.06. The third-order valence-corrected chi connectivity index (χ3v) is 5.97. The molecular weight excluding hydrogens is 206 g/mol. The van der Waals surface area contributed by atoms with Crippen LogP contribution in [0.4, 0.5) is 0 Å². The fourth-order valence-electron chi connectivity index (χ4n) is 4.59. The summed E-state index contributed by atoms with van der Waals surface area (Å²) in [6.45, 7) is 12.1. The summed E-state index contributed by atoms with van der Waals surface area (Å²) in [5.74, 6) is 4.37. The third-order valence-electron chi connectivity index (χ3n) is 5.97. The Labute approximate surface area is 108 Å². The van der Waals surface area contributed by atoms with Gasteiger partial charge in [0, 0.05) is 6.04 Å². The molecule has 0 aromatic rings. The van der Waals surface area contributed by atoms with Gasteiger partial charge in [0.1, 0.15) is 0 Å². The third kappa shape index (κ3) is 2.41. The van der Waals surface area contributed by atoms with E-state index in [-0.39, 0.29) is 0 Å². The van der Waals surface area contributed by atoms with Gasteiger partial charge in [-0.2, -0.15) is 0 Å². The SMILES string of the molecule is CCC(C)CC1(C)CC1C(C)C1C(C)CC1N. The Bertz CT molecular complexity index is 267. The van der Waals surface area contributed by atoms with Gasteiger partial charge in [0.2, 0.25) is 0 Å². The average molecular weight is 237 g/mol. The van der Waals surface area contributed by atoms with Gasteiger partial charge in [0.25, 0.3) is 0 Å². The molecule has 0 amide bonds. The predicted molar refractivity (Wildman–Crippen MR) is 74.7 cm³/mol. The number of hydrogen-bond donors (Lipinski definition) is 1. The van der Waals surface area contributed by atoms with Crippen molar-refractivity contribution in [3.63, 3.8) is 0 Å². The first kappa shape index (κ1) is 13.4. The lowest BCUT2D eigenvalue weighted by Gasteiger charge is -2.45. The molecule has 0 aromatic heterocycles. The molecule has 17 heavy (non-hydrogen) atoms. The summed E-state index contributed by atoms with van der Waals surface area (Å²) in [5.41, 5.74) is 6.84. The highest BCUT2D eigenvalue weighted by atomic mass is 14.7. The van der Waals surface area contributed by atoms with Crippen molar-refractivity contribution < 1.29 is 0 Å². The summed E-state index contributed by atoms with van der Waals surface area (Å²) in [7, 11) is 0. The van der Waals surface area contributed by atoms with E-state index in [1.54, 1.807) is 0 Å². The summed E-state index contributed by atoms with van der Waals surface area (Å²) in [6.07, 6.45) is 5.46. The molecule has 7 atom stereocenters. The predicted octanol–water partition coefficient (Wildman–Crippen LogP) is 4.07. The fraction of sp³-hybridized carbons (Fsp3) is 1.00. The largest absolute Gasteiger partial charge is 0.327 e. The van der Waals surface area contributed by atoms with Crippen LogP contribution < -0.4 is 5.73 Å². The molecule has 0 bridgehead atoms. The molecule has 1 nitrogen and oxygen atoms in total. The van der Waals surface area contributed by atoms with Crippen LogP contribution in [0.2, 0.25) is 0 Å². The number of nitrogens with two attached hydrogens (primary N) is 1. The van der Waals surface area contributed by atoms with E-state index in [0.29, 0.717) is 11.5 Å². The van der Waals surface area contributed by atoms with Crippen LogP contribution in [0.1, 0.15) is 60.3 Å². The second-order valence-electron chi connectivity index (χ2n) is 7.50. The molecule has 100 valence electrons. The van der Waals surface area contributed by atoms with Gasteiger partial charge in [-0.25, -0.2) is 0 Å². The molecule has 7 unspecified atom stereocenters. The van der Waals surface area contributed by atoms with Gasteiger partial charge in [0.15, 0.2) is 0 Å². The fourth-order valence-corrected chi connectivity index (χ4v) is 4.59. The highest BCUT2D eigenvalue weighted by Crippen LogP contribution is 2.63. The van der Waals surface area contributed by atoms with E-state index in [2.05, 4.69) is 34.6 Å². The van der Waals surface area contributed by atoms with E-state index in [1.807, 2.05) is 0 Å². The standard InChI is InChI=1S/C16H31N/c1-6-10(2)8-16(5)9-13(16)12(4)15-11(3)7-14(15)17/h10-15H,6-9,17H2,1-5H3. The second kappa shape index (κ2) is 4.57. The molecule has 2 rings (SSSR count). The molecule has 0 aliphatic heterocycles. The van der Waals surface area contributed by atoms with Crippen molar-refractivity contribution in [3.8, 4) is 0 Å². The van der Waals surface area contributed by atoms with Gasteiger partial charge in [-0.05, 0) is 54.3 Å². The molecule has 0 aromatic carbocycles. The topological polar surface area (TPSA) is 26.0 Å². The van der Waals surface area contributed by atoms with Crippen LogP contribution in [0.25, 0.3) is 0 Å². The van der Waals surface area contributed by atoms with E-state index < -0.39 is 0 Å². The van der Waals surface area contributed by atoms with E-state index >= 15 is 0 Å². The molecule has 2 saturated carbocycles. The Morgan fingerprint density at radius 2 is 2.00 bits per heavy atom. The summed E-state index contributed by atoms with van der Waals surface area (Å²) >= 11 is 0. The maximum Gasteiger partial charge on any atom is 0.00750 e. The summed E-state index contributed by atoms with van der Waals surface area (Å²) in [5, 5.41) is 0. The monoisotopic (exact) mass is 237 g/mol. The molecular formula is C16H31N. The van der Waals surface area contributed by atoms with Crippen LogP contribution in [0.5, 0.6) is 0 Å². The zero-order valence-electron chi connectivity index (χ0n) is 12.4. The molecule has 2 aliphatic carbocycles. The molecule has 2 N–H and O–H groups in total. The first-order valence-corrected chi connectivity index (χ1v) is 7.64. The van der Waals surface area contributed by atoms with E-state index in [9.17, 15) is 0 Å². The molecule has 0 heterocycles. The maximum atomic E-state index is 6.20. The summed E-state index contributed by atoms with van der Waals surface area (Å²) in [6, 6.07) is 0.494. The Kier molecular flexibility index (Phi) is 3.60. The van der Waals surface area contributed by atoms with Crippen LogP contribution in [0.3, 0.4) is 0 Å². The van der Waals surface area contributed by atoms with Crippen LogP contribution >= 0.6 is 0 Å². The summed E-state index contributed by atoms with van der Waals surface area (Å²) < 4.78 is 0. The molecule has 0 radical (unpaired) electrons. The van der Waals surface area contributed by atoms with Crippen molar-refractivity contribution >= 4 is 0 Å². The Hall–Kier alpha value is -0.0400. The van der Waals surface area contributed by atoms with Crippen molar-refractivity contribution in [1.82, 2.24) is 0 Å². The van der Waals surface area contributed by atoms with E-state index in [0.717, 1.165) is 29.6 Å². The minimum atomic E-state index is 0.494. The first-order chi connectivity index (χ1) is 7.89. The molecule has 2 aliphatic rings. The van der Waals surface area contributed by atoms with Crippen LogP contribution in [0, 0.1) is 35.0 Å². The number of rotatable bonds is 5. The minimum absolute atomic E-state index is 0.494. The highest BCUT2D eigenvalue weighted by Gasteiger charge is 2.56. The molecule has 1 heteroatoms. The van der Waals surface area contributed by atoms with Crippen molar-refractivity contribution in [1.29, 1.82) is 0 Å². The maximum absolute atomic E-state index is 6.20. The van der Waals surface area contributed by atoms with Crippen molar-refractivity contribution in [2.24, 2.45) is 40.7 Å². The van der Waals surface area contributed by atoms with Crippen molar-refractivity contribution in [2.75, 3.05) is 0 Å². The lowest BCUT2D eigenvalue weighted by atomic mass is 9.63. The van der Waals surface area contributed by atoms with Crippen LogP contribution in [-0.2, 0) is 0 Å². The zero-order valence-corrected chi connectivity index (χ0v) is 12.4. The lowest BCUT2D eigenvalue weighted by Crippen LogP contribution is -2.50. The second-order valence-corrected chi connectivity index (χ2v) is 7.50. The van der Waals surface area contributed by atoms with Crippen LogP contribution in [0.15, 0.2) is 0 Å². The Morgan fingerprint density at radius 1 is 1.35 bits per heavy atom. The number of hydrogen-bond acceptors (Lipinski definition) is 1. The average Bonchev–Trinajstić information content (AvgIpc) is 2.89. The minimum Gasteiger partial charge on any atom is -0.327 e. The van der Waals surface area contributed by atoms with Gasteiger partial charge >= 0.3 is 0 Å². The van der Waals surface area contributed by atoms with Crippen LogP contribution in [-0.4, -0.2) is 6.04 Å². The molecule has 2 fully saturated rings. The van der Waals surface area contributed by atoms with Gasteiger partial charge in [-0.15, -0.1) is 0 Å². The van der Waals surface area contributed by atoms with Crippen molar-refractivity contribution in [3.05, 3.63) is 0 Å². The quantitative estimate of drug-likeness (QED) is 0.766. The zero-order chi connectivity index (χ0) is 12.8. The smallest absolute Gasteiger partial charge is 0.00750 e. The summed E-state index contributed by atoms with van der Waals surface area (Å²) in [4.78, 5) is 0. The molecule has 0 spiro atoms. The lowest BCUT2D eigenvalue weighted by molar-refractivity contribution is 0.0731. The normalized spacial score (nSPS) is 48.4. The van der Waals surface area contributed by atoms with Gasteiger partial charge in [0.05, 0.1) is 0 Å². The molecule has 0 saturated heterocycles. The van der Waals surface area contributed by atoms with Gasteiger partial charge in [-0.3, -0.25) is 0 Å². The first-order valence-electron chi connectivity index (χ1n) is 7.64. The van der Waals surface area contributed by atoms with E-state index in [4.69, 9.17) is 5.73 Å².